The Bertz CT molecular complexity index is 747. The van der Waals surface area contributed by atoms with Crippen LogP contribution in [0.15, 0.2) is 48.5 Å². The molecule has 4 rings (SSSR count). The zero-order valence-electron chi connectivity index (χ0n) is 11.7. The number of hydrogen-bond donors (Lipinski definition) is 0. The summed E-state index contributed by atoms with van der Waals surface area (Å²) in [5.41, 5.74) is 2.68. The molecule has 110 valence electrons. The van der Waals surface area contributed by atoms with Gasteiger partial charge in [-0.05, 0) is 23.3 Å². The third-order valence-electron chi connectivity index (χ3n) is 4.28. The molecule has 0 unspecified atom stereocenters. The lowest BCUT2D eigenvalue weighted by Gasteiger charge is -2.28. The Hall–Kier alpha value is -2.33. The predicted molar refractivity (Wildman–Crippen MR) is 83.8 cm³/mol. The normalized spacial score (nSPS) is 20.1. The molecule has 1 saturated heterocycles. The number of anilines is 1. The lowest BCUT2D eigenvalue weighted by molar-refractivity contribution is -0.119. The van der Waals surface area contributed by atoms with Gasteiger partial charge in [0.15, 0.2) is 0 Å². The highest BCUT2D eigenvalue weighted by molar-refractivity contribution is 6.35. The molecule has 0 spiro atoms. The van der Waals surface area contributed by atoms with Crippen LogP contribution in [0.4, 0.5) is 10.5 Å². The molecule has 0 N–H and O–H groups in total. The van der Waals surface area contributed by atoms with E-state index in [1.165, 1.54) is 4.90 Å². The molecule has 0 saturated carbocycles. The summed E-state index contributed by atoms with van der Waals surface area (Å²) in [5.74, 6) is -0.201. The van der Waals surface area contributed by atoms with E-state index in [0.717, 1.165) is 11.1 Å². The van der Waals surface area contributed by atoms with Gasteiger partial charge in [-0.2, -0.15) is 0 Å². The Morgan fingerprint density at radius 2 is 1.64 bits per heavy atom. The van der Waals surface area contributed by atoms with Crippen molar-refractivity contribution in [1.29, 1.82) is 0 Å². The van der Waals surface area contributed by atoms with E-state index in [1.54, 1.807) is 29.2 Å². The summed E-state index contributed by atoms with van der Waals surface area (Å²) in [6.07, 6.45) is 0.557. The van der Waals surface area contributed by atoms with Crippen molar-refractivity contribution in [2.24, 2.45) is 0 Å². The largest absolute Gasteiger partial charge is 0.332 e. The van der Waals surface area contributed by atoms with Crippen LogP contribution in [0.5, 0.6) is 0 Å². The van der Waals surface area contributed by atoms with E-state index in [9.17, 15) is 9.59 Å². The summed E-state index contributed by atoms with van der Waals surface area (Å²) < 4.78 is 0. The van der Waals surface area contributed by atoms with Crippen LogP contribution < -0.4 is 4.90 Å². The second-order valence-electron chi connectivity index (χ2n) is 5.52. The zero-order chi connectivity index (χ0) is 15.3. The zero-order valence-corrected chi connectivity index (χ0v) is 12.5. The number of amides is 3. The third kappa shape index (κ3) is 1.84. The van der Waals surface area contributed by atoms with Crippen molar-refractivity contribution in [3.05, 3.63) is 64.7 Å². The van der Waals surface area contributed by atoms with E-state index < -0.39 is 6.04 Å². The van der Waals surface area contributed by atoms with Gasteiger partial charge in [-0.3, -0.25) is 4.79 Å². The van der Waals surface area contributed by atoms with Gasteiger partial charge in [-0.15, -0.1) is 0 Å². The molecular weight excluding hydrogens is 300 g/mol. The van der Waals surface area contributed by atoms with Gasteiger partial charge in [0.2, 0.25) is 0 Å². The third-order valence-corrected chi connectivity index (χ3v) is 4.60. The summed E-state index contributed by atoms with van der Waals surface area (Å²) in [4.78, 5) is 28.2. The summed E-state index contributed by atoms with van der Waals surface area (Å²) in [7, 11) is 0. The van der Waals surface area contributed by atoms with Crippen LogP contribution >= 0.6 is 11.6 Å². The number of halogens is 1. The van der Waals surface area contributed by atoms with E-state index in [4.69, 9.17) is 11.6 Å². The highest BCUT2D eigenvalue weighted by atomic mass is 35.5. The van der Waals surface area contributed by atoms with Crippen molar-refractivity contribution in [3.63, 3.8) is 0 Å². The van der Waals surface area contributed by atoms with Crippen LogP contribution in [-0.2, 0) is 17.8 Å². The van der Waals surface area contributed by atoms with Gasteiger partial charge in [0.25, 0.3) is 5.91 Å². The molecule has 5 heteroatoms. The highest BCUT2D eigenvalue weighted by Gasteiger charge is 2.48. The van der Waals surface area contributed by atoms with Crippen LogP contribution in [-0.4, -0.2) is 22.9 Å². The molecule has 2 heterocycles. The number of nitrogens with zero attached hydrogens (tertiary/aromatic N) is 2. The monoisotopic (exact) mass is 312 g/mol. The summed E-state index contributed by atoms with van der Waals surface area (Å²) in [5, 5.41) is 0.404. The average Bonchev–Trinajstić information content (AvgIpc) is 2.77. The Morgan fingerprint density at radius 1 is 0.955 bits per heavy atom. The Kier molecular flexibility index (Phi) is 2.94. The second-order valence-corrected chi connectivity index (χ2v) is 5.93. The number of urea groups is 1. The second kappa shape index (κ2) is 4.85. The fraction of sp³-hybridized carbons (Fsp3) is 0.176. The van der Waals surface area contributed by atoms with Crippen LogP contribution in [0.3, 0.4) is 0 Å². The van der Waals surface area contributed by atoms with Gasteiger partial charge in [-0.25, -0.2) is 9.69 Å². The van der Waals surface area contributed by atoms with Gasteiger partial charge in [0.05, 0.1) is 10.7 Å². The molecule has 1 fully saturated rings. The fourth-order valence-corrected chi connectivity index (χ4v) is 3.39. The van der Waals surface area contributed by atoms with Crippen LogP contribution in [0.1, 0.15) is 11.1 Å². The molecule has 2 aromatic carbocycles. The Morgan fingerprint density at radius 3 is 2.41 bits per heavy atom. The summed E-state index contributed by atoms with van der Waals surface area (Å²) in [6.45, 7) is 0.465. The first-order chi connectivity index (χ1) is 10.7. The van der Waals surface area contributed by atoms with Gasteiger partial charge in [-0.1, -0.05) is 48.0 Å². The molecular formula is C17H13ClN2O2. The molecule has 2 aromatic rings. The summed E-state index contributed by atoms with van der Waals surface area (Å²) >= 11 is 6.16. The first kappa shape index (κ1) is 13.3. The number of hydrogen-bond acceptors (Lipinski definition) is 2. The number of carbonyl (C=O) groups is 2. The minimum absolute atomic E-state index is 0.201. The lowest BCUT2D eigenvalue weighted by atomic mass is 9.95. The lowest BCUT2D eigenvalue weighted by Crippen LogP contribution is -2.39. The van der Waals surface area contributed by atoms with Gasteiger partial charge >= 0.3 is 6.03 Å². The quantitative estimate of drug-likeness (QED) is 0.759. The van der Waals surface area contributed by atoms with Crippen LogP contribution in [0, 0.1) is 0 Å². The van der Waals surface area contributed by atoms with E-state index >= 15 is 0 Å². The van der Waals surface area contributed by atoms with E-state index in [2.05, 4.69) is 0 Å². The number of fused-ring (bicyclic) bond motifs is 2. The topological polar surface area (TPSA) is 40.6 Å². The number of rotatable bonds is 1. The standard InChI is InChI=1S/C17H13ClN2O2/c18-13-7-3-4-8-14(13)20-16(21)15-9-11-5-1-2-6-12(11)10-19(15)17(20)22/h1-8,15H,9-10H2/t15-/m0/s1. The van der Waals surface area contributed by atoms with Crippen molar-refractivity contribution in [3.8, 4) is 0 Å². The SMILES string of the molecule is O=C1[C@@H]2Cc3ccccc3CN2C(=O)N1c1ccccc1Cl. The molecule has 2 aliphatic rings. The minimum Gasteiger partial charge on any atom is -0.307 e. The molecule has 0 aliphatic carbocycles. The number of imide groups is 1. The highest BCUT2D eigenvalue weighted by Crippen LogP contribution is 2.35. The molecule has 1 atom stereocenters. The maximum atomic E-state index is 12.7. The Labute approximate surface area is 132 Å². The molecule has 2 aliphatic heterocycles. The smallest absolute Gasteiger partial charge is 0.307 e. The molecule has 0 bridgehead atoms. The molecule has 4 nitrogen and oxygen atoms in total. The van der Waals surface area contributed by atoms with Crippen LogP contribution in [0.25, 0.3) is 0 Å². The van der Waals surface area contributed by atoms with Crippen molar-refractivity contribution in [2.45, 2.75) is 19.0 Å². The first-order valence-electron chi connectivity index (χ1n) is 7.12. The molecule has 0 aromatic heterocycles. The first-order valence-corrected chi connectivity index (χ1v) is 7.50. The van der Waals surface area contributed by atoms with Crippen LogP contribution in [0.2, 0.25) is 5.02 Å². The van der Waals surface area contributed by atoms with E-state index in [1.807, 2.05) is 24.3 Å². The summed E-state index contributed by atoms with van der Waals surface area (Å²) in [6, 6.07) is 14.1. The van der Waals surface area contributed by atoms with E-state index in [-0.39, 0.29) is 11.9 Å². The van der Waals surface area contributed by atoms with Crippen molar-refractivity contribution in [2.75, 3.05) is 4.90 Å². The van der Waals surface area contributed by atoms with E-state index in [0.29, 0.717) is 23.7 Å². The Balaban J connectivity index is 1.75. The molecule has 0 radical (unpaired) electrons. The van der Waals surface area contributed by atoms with Crippen molar-refractivity contribution < 1.29 is 9.59 Å². The van der Waals surface area contributed by atoms with Gasteiger partial charge < -0.3 is 4.90 Å². The average molecular weight is 313 g/mol. The maximum Gasteiger partial charge on any atom is 0.332 e. The van der Waals surface area contributed by atoms with Gasteiger partial charge in [0, 0.05) is 13.0 Å². The van der Waals surface area contributed by atoms with Crippen molar-refractivity contribution in [1.82, 2.24) is 4.90 Å². The predicted octanol–water partition coefficient (Wildman–Crippen LogP) is 3.23. The van der Waals surface area contributed by atoms with Crippen molar-refractivity contribution >= 4 is 29.2 Å². The minimum atomic E-state index is -0.432. The number of benzene rings is 2. The van der Waals surface area contributed by atoms with Gasteiger partial charge in [0.1, 0.15) is 6.04 Å². The molecule has 22 heavy (non-hydrogen) atoms. The number of carbonyl (C=O) groups excluding carboxylic acids is 2. The maximum absolute atomic E-state index is 12.7. The fourth-order valence-electron chi connectivity index (χ4n) is 3.17. The molecule has 3 amide bonds. The number of para-hydroxylation sites is 1.